The summed E-state index contributed by atoms with van der Waals surface area (Å²) >= 11 is 0. The molecule has 0 radical (unpaired) electrons. The fourth-order valence-corrected chi connectivity index (χ4v) is 3.51. The van der Waals surface area contributed by atoms with Gasteiger partial charge in [0.05, 0.1) is 18.9 Å². The Bertz CT molecular complexity index is 1080. The van der Waals surface area contributed by atoms with Gasteiger partial charge in [0, 0.05) is 0 Å². The lowest BCUT2D eigenvalue weighted by atomic mass is 9.87. The van der Waals surface area contributed by atoms with Crippen LogP contribution in [0.15, 0.2) is 77.8 Å². The summed E-state index contributed by atoms with van der Waals surface area (Å²) in [6, 6.07) is 21.8. The normalized spacial score (nSPS) is 18.7. The molecule has 0 saturated heterocycles. The number of amides is 2. The molecule has 3 aromatic rings. The molecule has 3 aromatic carbocycles. The number of hydrogen-bond donors (Lipinski definition) is 1. The van der Waals surface area contributed by atoms with E-state index in [2.05, 4.69) is 10.3 Å². The highest BCUT2D eigenvalue weighted by molar-refractivity contribution is 6.10. The average Bonchev–Trinajstić information content (AvgIpc) is 2.77. The van der Waals surface area contributed by atoms with E-state index >= 15 is 0 Å². The molecule has 0 spiro atoms. The lowest BCUT2D eigenvalue weighted by Gasteiger charge is -2.30. The van der Waals surface area contributed by atoms with Crippen molar-refractivity contribution in [2.45, 2.75) is 6.04 Å². The number of nitrogens with one attached hydrogen (secondary N) is 1. The maximum Gasteiger partial charge on any atom is 0.341 e. The Hall–Kier alpha value is -3.67. The molecular weight excluding hydrogens is 368 g/mol. The number of ether oxygens (including phenoxy) is 2. The first-order chi connectivity index (χ1) is 14.2. The predicted molar refractivity (Wildman–Crippen MR) is 110 cm³/mol. The number of carbonyl (C=O) groups excluding carboxylic acids is 2. The molecule has 0 fully saturated rings. The van der Waals surface area contributed by atoms with Crippen molar-refractivity contribution in [3.05, 3.63) is 78.4 Å². The van der Waals surface area contributed by atoms with Crippen LogP contribution in [0.4, 0.5) is 4.79 Å². The van der Waals surface area contributed by atoms with Gasteiger partial charge in [0.25, 0.3) is 0 Å². The summed E-state index contributed by atoms with van der Waals surface area (Å²) in [7, 11) is 1.33. The largest absolute Gasteiger partial charge is 0.488 e. The second kappa shape index (κ2) is 8.14. The van der Waals surface area contributed by atoms with Gasteiger partial charge >= 0.3 is 12.0 Å². The molecule has 146 valence electrons. The minimum atomic E-state index is -0.775. The summed E-state index contributed by atoms with van der Waals surface area (Å²) in [6.07, 6.45) is 0. The third kappa shape index (κ3) is 3.96. The lowest BCUT2D eigenvalue weighted by molar-refractivity contribution is -0.144. The molecule has 1 heterocycles. The number of benzene rings is 3. The number of carbonyl (C=O) groups is 2. The van der Waals surface area contributed by atoms with Gasteiger partial charge in [-0.15, -0.1) is 0 Å². The van der Waals surface area contributed by atoms with Gasteiger partial charge < -0.3 is 14.8 Å². The summed E-state index contributed by atoms with van der Waals surface area (Å²) in [5.74, 6) is -0.617. The Morgan fingerprint density at radius 2 is 1.72 bits per heavy atom. The molecule has 6 nitrogen and oxygen atoms in total. The number of aliphatic imine (C=N–C) groups is 1. The third-order valence-corrected chi connectivity index (χ3v) is 4.93. The topological polar surface area (TPSA) is 77.0 Å². The van der Waals surface area contributed by atoms with E-state index < -0.39 is 24.0 Å². The second-order valence-electron chi connectivity index (χ2n) is 6.74. The quantitative estimate of drug-likeness (QED) is 0.672. The third-order valence-electron chi connectivity index (χ3n) is 4.93. The molecule has 0 aromatic heterocycles. The van der Waals surface area contributed by atoms with E-state index in [0.29, 0.717) is 11.5 Å². The Morgan fingerprint density at radius 3 is 2.48 bits per heavy atom. The van der Waals surface area contributed by atoms with Crippen molar-refractivity contribution in [1.82, 2.24) is 5.32 Å². The van der Waals surface area contributed by atoms with E-state index in [0.717, 1.165) is 16.3 Å². The smallest absolute Gasteiger partial charge is 0.341 e. The van der Waals surface area contributed by atoms with E-state index in [-0.39, 0.29) is 6.61 Å². The van der Waals surface area contributed by atoms with E-state index in [1.165, 1.54) is 7.11 Å². The van der Waals surface area contributed by atoms with Gasteiger partial charge in [-0.05, 0) is 34.5 Å². The number of hydrogen-bond acceptors (Lipinski definition) is 4. The minimum absolute atomic E-state index is 0.0152. The molecular formula is C23H20N2O4. The van der Waals surface area contributed by atoms with E-state index in [9.17, 15) is 9.59 Å². The maximum atomic E-state index is 12.6. The van der Waals surface area contributed by atoms with Crippen molar-refractivity contribution >= 4 is 28.5 Å². The standard InChI is InChI=1S/C23H20N2O4/c1-28-22(26)20-19(14-29-18-9-3-2-4-10-18)24-23(27)25-21(20)17-12-11-15-7-5-6-8-16(15)13-17/h2-13,20-21H,14H2,1H3,(H,25,27). The van der Waals surface area contributed by atoms with Crippen LogP contribution in [0.25, 0.3) is 10.8 Å². The van der Waals surface area contributed by atoms with Crippen LogP contribution in [0.3, 0.4) is 0 Å². The lowest BCUT2D eigenvalue weighted by Crippen LogP contribution is -2.46. The molecule has 1 aliphatic rings. The number of esters is 1. The summed E-state index contributed by atoms with van der Waals surface area (Å²) in [5, 5.41) is 4.91. The zero-order valence-corrected chi connectivity index (χ0v) is 15.9. The van der Waals surface area contributed by atoms with Crippen molar-refractivity contribution in [1.29, 1.82) is 0 Å². The summed E-state index contributed by atoms with van der Waals surface area (Å²) < 4.78 is 10.8. The van der Waals surface area contributed by atoms with Gasteiger partial charge in [-0.2, -0.15) is 4.99 Å². The van der Waals surface area contributed by atoms with Crippen LogP contribution in [-0.2, 0) is 9.53 Å². The highest BCUT2D eigenvalue weighted by Crippen LogP contribution is 2.30. The zero-order valence-electron chi connectivity index (χ0n) is 15.9. The van der Waals surface area contributed by atoms with Gasteiger partial charge in [-0.1, -0.05) is 54.6 Å². The van der Waals surface area contributed by atoms with E-state index in [4.69, 9.17) is 9.47 Å². The van der Waals surface area contributed by atoms with Crippen LogP contribution in [0, 0.1) is 5.92 Å². The maximum absolute atomic E-state index is 12.6. The Balaban J connectivity index is 1.67. The van der Waals surface area contributed by atoms with Gasteiger partial charge in [0.1, 0.15) is 18.3 Å². The highest BCUT2D eigenvalue weighted by Gasteiger charge is 2.40. The van der Waals surface area contributed by atoms with Crippen LogP contribution in [0.1, 0.15) is 11.6 Å². The second-order valence-corrected chi connectivity index (χ2v) is 6.74. The summed E-state index contributed by atoms with van der Waals surface area (Å²) in [6.45, 7) is 0.0152. The molecule has 0 aliphatic carbocycles. The fourth-order valence-electron chi connectivity index (χ4n) is 3.51. The van der Waals surface area contributed by atoms with Crippen LogP contribution in [0.5, 0.6) is 5.75 Å². The average molecular weight is 388 g/mol. The first kappa shape index (κ1) is 18.7. The first-order valence-electron chi connectivity index (χ1n) is 9.28. The van der Waals surface area contributed by atoms with Crippen molar-refractivity contribution < 1.29 is 19.1 Å². The number of rotatable bonds is 5. The number of para-hydroxylation sites is 1. The zero-order chi connectivity index (χ0) is 20.2. The number of methoxy groups -OCH3 is 1. The Kier molecular flexibility index (Phi) is 5.24. The highest BCUT2D eigenvalue weighted by atomic mass is 16.5. The van der Waals surface area contributed by atoms with Gasteiger partial charge in [-0.25, -0.2) is 4.79 Å². The van der Waals surface area contributed by atoms with Crippen molar-refractivity contribution in [3.63, 3.8) is 0 Å². The Morgan fingerprint density at radius 1 is 1.00 bits per heavy atom. The molecule has 1 N–H and O–H groups in total. The van der Waals surface area contributed by atoms with Crippen LogP contribution in [0.2, 0.25) is 0 Å². The number of fused-ring (bicyclic) bond motifs is 1. The molecule has 0 saturated carbocycles. The van der Waals surface area contributed by atoms with Crippen LogP contribution in [-0.4, -0.2) is 31.4 Å². The Labute approximate surface area is 168 Å². The molecule has 4 rings (SSSR count). The predicted octanol–water partition coefficient (Wildman–Crippen LogP) is 3.91. The van der Waals surface area contributed by atoms with Gasteiger partial charge in [0.15, 0.2) is 0 Å². The monoisotopic (exact) mass is 388 g/mol. The SMILES string of the molecule is COC(=O)C1C(COc2ccccc2)=NC(=O)NC1c1ccc2ccccc2c1. The van der Waals surface area contributed by atoms with Gasteiger partial charge in [-0.3, -0.25) is 4.79 Å². The molecule has 0 bridgehead atoms. The summed E-state index contributed by atoms with van der Waals surface area (Å²) in [5.41, 5.74) is 1.14. The number of urea groups is 1. The van der Waals surface area contributed by atoms with Crippen LogP contribution < -0.4 is 10.1 Å². The molecule has 6 heteroatoms. The van der Waals surface area contributed by atoms with E-state index in [1.807, 2.05) is 60.7 Å². The van der Waals surface area contributed by atoms with Gasteiger partial charge in [0.2, 0.25) is 0 Å². The van der Waals surface area contributed by atoms with E-state index in [1.54, 1.807) is 12.1 Å². The summed E-state index contributed by atoms with van der Waals surface area (Å²) in [4.78, 5) is 28.9. The minimum Gasteiger partial charge on any atom is -0.488 e. The molecule has 29 heavy (non-hydrogen) atoms. The molecule has 2 unspecified atom stereocenters. The first-order valence-corrected chi connectivity index (χ1v) is 9.28. The molecule has 2 atom stereocenters. The van der Waals surface area contributed by atoms with Crippen molar-refractivity contribution in [2.24, 2.45) is 10.9 Å². The van der Waals surface area contributed by atoms with Crippen molar-refractivity contribution in [3.8, 4) is 5.75 Å². The van der Waals surface area contributed by atoms with Crippen molar-refractivity contribution in [2.75, 3.05) is 13.7 Å². The number of nitrogens with zero attached hydrogens (tertiary/aromatic N) is 1. The molecule has 1 aliphatic heterocycles. The van der Waals surface area contributed by atoms with Crippen LogP contribution >= 0.6 is 0 Å². The molecule has 2 amide bonds. The fraction of sp³-hybridized carbons (Fsp3) is 0.174.